The van der Waals surface area contributed by atoms with Crippen molar-refractivity contribution in [3.63, 3.8) is 0 Å². The third-order valence-electron chi connectivity index (χ3n) is 4.38. The van der Waals surface area contributed by atoms with E-state index in [1.165, 1.54) is 5.56 Å². The van der Waals surface area contributed by atoms with Crippen LogP contribution in [-0.2, 0) is 6.42 Å². The molecule has 2 heteroatoms. The third-order valence-corrected chi connectivity index (χ3v) is 4.38. The van der Waals surface area contributed by atoms with E-state index in [9.17, 15) is 5.11 Å². The quantitative estimate of drug-likeness (QED) is 0.649. The lowest BCUT2D eigenvalue weighted by atomic mass is 9.97. The van der Waals surface area contributed by atoms with Gasteiger partial charge in [-0.3, -0.25) is 4.90 Å². The number of likely N-dealkylation sites (N-methyl/N-ethyl adjacent to an activating group) is 1. The number of phenols is 1. The Labute approximate surface area is 164 Å². The summed E-state index contributed by atoms with van der Waals surface area (Å²) in [6.45, 7) is 7.15. The molecule has 0 amide bonds. The zero-order chi connectivity index (χ0) is 19.7. The van der Waals surface area contributed by atoms with Gasteiger partial charge in [-0.05, 0) is 70.0 Å². The van der Waals surface area contributed by atoms with Crippen molar-refractivity contribution in [2.45, 2.75) is 39.7 Å². The summed E-state index contributed by atoms with van der Waals surface area (Å²) in [4.78, 5) is 2.31. The van der Waals surface area contributed by atoms with Crippen molar-refractivity contribution >= 4 is 0 Å². The molecular formula is C25H31NO. The standard InChI is InChI=1S/C25H31NO/c1-25(2,3)18-9-6-10-19-26(4)24(22-14-11-15-23(27)20-22)17-16-21-12-7-5-8-13-21/h5-8,10-15,20,24,27H,16-17,19H2,1-4H3/b10-6-. The van der Waals surface area contributed by atoms with E-state index < -0.39 is 0 Å². The van der Waals surface area contributed by atoms with Crippen molar-refractivity contribution in [3.05, 3.63) is 77.9 Å². The molecule has 0 heterocycles. The van der Waals surface area contributed by atoms with Gasteiger partial charge in [-0.15, -0.1) is 0 Å². The highest BCUT2D eigenvalue weighted by atomic mass is 16.3. The molecule has 1 N–H and O–H groups in total. The molecule has 0 saturated carbocycles. The van der Waals surface area contributed by atoms with Gasteiger partial charge in [0.15, 0.2) is 0 Å². The largest absolute Gasteiger partial charge is 0.508 e. The lowest BCUT2D eigenvalue weighted by molar-refractivity contribution is 0.256. The van der Waals surface area contributed by atoms with Crippen LogP contribution < -0.4 is 0 Å². The third kappa shape index (κ3) is 7.72. The smallest absolute Gasteiger partial charge is 0.115 e. The van der Waals surface area contributed by atoms with E-state index in [0.717, 1.165) is 24.9 Å². The summed E-state index contributed by atoms with van der Waals surface area (Å²) in [5, 5.41) is 9.90. The highest BCUT2D eigenvalue weighted by Gasteiger charge is 2.16. The van der Waals surface area contributed by atoms with Gasteiger partial charge >= 0.3 is 0 Å². The second kappa shape index (κ2) is 10.00. The van der Waals surface area contributed by atoms with Gasteiger partial charge < -0.3 is 5.11 Å². The van der Waals surface area contributed by atoms with Crippen LogP contribution in [0.15, 0.2) is 66.7 Å². The van der Waals surface area contributed by atoms with Crippen LogP contribution >= 0.6 is 0 Å². The highest BCUT2D eigenvalue weighted by Crippen LogP contribution is 2.27. The van der Waals surface area contributed by atoms with E-state index in [0.29, 0.717) is 5.75 Å². The van der Waals surface area contributed by atoms with Crippen molar-refractivity contribution < 1.29 is 5.11 Å². The summed E-state index contributed by atoms with van der Waals surface area (Å²) in [6.07, 6.45) is 6.04. The number of hydrogen-bond acceptors (Lipinski definition) is 2. The van der Waals surface area contributed by atoms with Crippen LogP contribution in [0.25, 0.3) is 0 Å². The molecule has 0 aliphatic carbocycles. The zero-order valence-electron chi connectivity index (χ0n) is 16.9. The van der Waals surface area contributed by atoms with Crippen LogP contribution in [0.4, 0.5) is 0 Å². The Balaban J connectivity index is 2.08. The Morgan fingerprint density at radius 3 is 2.48 bits per heavy atom. The van der Waals surface area contributed by atoms with Gasteiger partial charge in [-0.1, -0.05) is 60.4 Å². The second-order valence-electron chi connectivity index (χ2n) is 8.00. The number of aryl methyl sites for hydroxylation is 1. The highest BCUT2D eigenvalue weighted by molar-refractivity contribution is 5.30. The minimum atomic E-state index is 0.0238. The SMILES string of the molecule is CN(C/C=C\C#CC(C)(C)C)C(CCc1ccccc1)c1cccc(O)c1. The number of phenolic OH excluding ortho intramolecular Hbond substituents is 1. The van der Waals surface area contributed by atoms with Gasteiger partial charge in [0.05, 0.1) is 0 Å². The summed E-state index contributed by atoms with van der Waals surface area (Å²) in [5.41, 5.74) is 2.50. The molecule has 2 rings (SSSR count). The van der Waals surface area contributed by atoms with Gasteiger partial charge in [0.25, 0.3) is 0 Å². The molecule has 0 fully saturated rings. The molecular weight excluding hydrogens is 330 g/mol. The summed E-state index contributed by atoms with van der Waals surface area (Å²) < 4.78 is 0. The zero-order valence-corrected chi connectivity index (χ0v) is 16.9. The van der Waals surface area contributed by atoms with Crippen LogP contribution in [0.2, 0.25) is 0 Å². The fourth-order valence-corrected chi connectivity index (χ4v) is 2.98. The Kier molecular flexibility index (Phi) is 7.70. The maximum atomic E-state index is 9.90. The fourth-order valence-electron chi connectivity index (χ4n) is 2.98. The van der Waals surface area contributed by atoms with Crippen molar-refractivity contribution in [1.82, 2.24) is 4.90 Å². The van der Waals surface area contributed by atoms with Crippen LogP contribution in [0.5, 0.6) is 5.75 Å². The van der Waals surface area contributed by atoms with Crippen LogP contribution in [0, 0.1) is 17.3 Å². The van der Waals surface area contributed by atoms with Crippen LogP contribution in [0.3, 0.4) is 0 Å². The lowest BCUT2D eigenvalue weighted by Crippen LogP contribution is -2.25. The summed E-state index contributed by atoms with van der Waals surface area (Å²) >= 11 is 0. The molecule has 142 valence electrons. The number of benzene rings is 2. The number of rotatable bonds is 7. The first-order chi connectivity index (χ1) is 12.8. The molecule has 27 heavy (non-hydrogen) atoms. The predicted octanol–water partition coefficient (Wildman–Crippen LogP) is 5.60. The second-order valence-corrected chi connectivity index (χ2v) is 8.00. The topological polar surface area (TPSA) is 23.5 Å². The minimum Gasteiger partial charge on any atom is -0.508 e. The van der Waals surface area contributed by atoms with E-state index in [1.54, 1.807) is 6.07 Å². The number of aromatic hydroxyl groups is 1. The van der Waals surface area contributed by atoms with Gasteiger partial charge in [0.1, 0.15) is 5.75 Å². The molecule has 0 aromatic heterocycles. The average Bonchev–Trinajstić information content (AvgIpc) is 2.61. The Morgan fingerprint density at radius 2 is 1.81 bits per heavy atom. The Morgan fingerprint density at radius 1 is 1.07 bits per heavy atom. The van der Waals surface area contributed by atoms with Gasteiger partial charge in [0.2, 0.25) is 0 Å². The monoisotopic (exact) mass is 361 g/mol. The van der Waals surface area contributed by atoms with Crippen LogP contribution in [0.1, 0.15) is 44.4 Å². The number of nitrogens with zero attached hydrogens (tertiary/aromatic N) is 1. The van der Waals surface area contributed by atoms with Crippen molar-refractivity contribution in [1.29, 1.82) is 0 Å². The summed E-state index contributed by atoms with van der Waals surface area (Å²) in [7, 11) is 2.13. The molecule has 2 nitrogen and oxygen atoms in total. The minimum absolute atomic E-state index is 0.0238. The molecule has 0 aliphatic rings. The normalized spacial score (nSPS) is 12.8. The molecule has 0 spiro atoms. The van der Waals surface area contributed by atoms with E-state index in [4.69, 9.17) is 0 Å². The van der Waals surface area contributed by atoms with Crippen molar-refractivity contribution in [3.8, 4) is 17.6 Å². The predicted molar refractivity (Wildman–Crippen MR) is 115 cm³/mol. The first-order valence-electron chi connectivity index (χ1n) is 9.56. The summed E-state index contributed by atoms with van der Waals surface area (Å²) in [6, 6.07) is 18.4. The van der Waals surface area contributed by atoms with E-state index in [1.807, 2.05) is 24.3 Å². The van der Waals surface area contributed by atoms with Gasteiger partial charge in [-0.25, -0.2) is 0 Å². The Hall–Kier alpha value is -2.50. The molecule has 1 unspecified atom stereocenters. The molecule has 2 aromatic rings. The number of allylic oxidation sites excluding steroid dienone is 1. The first-order valence-corrected chi connectivity index (χ1v) is 9.56. The van der Waals surface area contributed by atoms with Gasteiger partial charge in [-0.2, -0.15) is 0 Å². The number of hydrogen-bond donors (Lipinski definition) is 1. The molecule has 1 atom stereocenters. The van der Waals surface area contributed by atoms with E-state index in [-0.39, 0.29) is 11.5 Å². The van der Waals surface area contributed by atoms with Gasteiger partial charge in [0, 0.05) is 18.0 Å². The summed E-state index contributed by atoms with van der Waals surface area (Å²) in [5.74, 6) is 6.67. The maximum absolute atomic E-state index is 9.90. The van der Waals surface area contributed by atoms with Crippen molar-refractivity contribution in [2.75, 3.05) is 13.6 Å². The van der Waals surface area contributed by atoms with E-state index in [2.05, 4.69) is 81.0 Å². The molecule has 0 aliphatic heterocycles. The molecule has 2 aromatic carbocycles. The fraction of sp³-hybridized carbons (Fsp3) is 0.360. The van der Waals surface area contributed by atoms with Crippen LogP contribution in [-0.4, -0.2) is 23.6 Å². The van der Waals surface area contributed by atoms with Crippen molar-refractivity contribution in [2.24, 2.45) is 5.41 Å². The average molecular weight is 362 g/mol. The Bertz CT molecular complexity index is 790. The molecule has 0 radical (unpaired) electrons. The van der Waals surface area contributed by atoms with E-state index >= 15 is 0 Å². The molecule has 0 bridgehead atoms. The molecule has 0 saturated heterocycles. The first kappa shape index (κ1) is 20.8. The maximum Gasteiger partial charge on any atom is 0.115 e. The lowest BCUT2D eigenvalue weighted by Gasteiger charge is -2.28.